The number of rotatable bonds is 8. The van der Waals surface area contributed by atoms with Crippen LogP contribution < -0.4 is 20.7 Å². The van der Waals surface area contributed by atoms with E-state index in [-0.39, 0.29) is 5.95 Å². The van der Waals surface area contributed by atoms with Crippen molar-refractivity contribution in [2.24, 2.45) is 0 Å². The monoisotopic (exact) mass is 365 g/mol. The lowest BCUT2D eigenvalue weighted by molar-refractivity contribution is -0.894. The Kier molecular flexibility index (Phi) is 6.17. The Bertz CT molecular complexity index is 871. The number of ether oxygens (including phenoxy) is 1. The Balaban J connectivity index is 1.58. The van der Waals surface area contributed by atoms with Crippen LogP contribution in [0, 0.1) is 6.92 Å². The number of nitrogens with two attached hydrogens (primary N) is 1. The normalized spacial score (nSPS) is 11.8. The third-order valence-corrected chi connectivity index (χ3v) is 4.09. The molecule has 0 radical (unpaired) electrons. The Labute approximate surface area is 159 Å². The van der Waals surface area contributed by atoms with E-state index in [1.807, 2.05) is 61.5 Å². The summed E-state index contributed by atoms with van der Waals surface area (Å²) in [5.41, 5.74) is 7.93. The first-order valence-corrected chi connectivity index (χ1v) is 8.92. The lowest BCUT2D eigenvalue weighted by atomic mass is 10.2. The van der Waals surface area contributed by atoms with E-state index >= 15 is 0 Å². The highest BCUT2D eigenvalue weighted by Crippen LogP contribution is 2.17. The summed E-state index contributed by atoms with van der Waals surface area (Å²) in [5, 5.41) is 3.22. The molecule has 3 rings (SSSR count). The first-order chi connectivity index (χ1) is 13.1. The molecule has 3 aromatic rings. The molecule has 1 aromatic heterocycles. The van der Waals surface area contributed by atoms with Crippen molar-refractivity contribution in [2.45, 2.75) is 13.5 Å². The molecule has 0 spiro atoms. The summed E-state index contributed by atoms with van der Waals surface area (Å²) in [6.07, 6.45) is 0. The van der Waals surface area contributed by atoms with E-state index in [1.54, 1.807) is 0 Å². The van der Waals surface area contributed by atoms with Gasteiger partial charge in [0.1, 0.15) is 25.4 Å². The predicted molar refractivity (Wildman–Crippen MR) is 106 cm³/mol. The summed E-state index contributed by atoms with van der Waals surface area (Å²) in [6.45, 7) is 4.09. The number of nitrogens with one attached hydrogen (secondary N) is 2. The largest absolute Gasteiger partial charge is 0.488 e. The molecule has 140 valence electrons. The van der Waals surface area contributed by atoms with E-state index in [9.17, 15) is 0 Å². The van der Waals surface area contributed by atoms with E-state index in [2.05, 4.69) is 27.3 Å². The number of hydrogen-bond acceptors (Lipinski definition) is 6. The summed E-state index contributed by atoms with van der Waals surface area (Å²) >= 11 is 0. The van der Waals surface area contributed by atoms with Gasteiger partial charge in [-0.25, -0.2) is 0 Å². The van der Waals surface area contributed by atoms with Crippen molar-refractivity contribution in [1.29, 1.82) is 0 Å². The Morgan fingerprint density at radius 1 is 1.00 bits per heavy atom. The highest BCUT2D eigenvalue weighted by Gasteiger charge is 2.11. The number of para-hydroxylation sites is 2. The number of likely N-dealkylation sites (N-methyl/N-ethyl adjacent to an activating group) is 1. The third kappa shape index (κ3) is 5.65. The molecule has 0 amide bonds. The zero-order chi connectivity index (χ0) is 19.1. The molecule has 1 heterocycles. The average molecular weight is 365 g/mol. The maximum Gasteiger partial charge on any atom is 0.232 e. The van der Waals surface area contributed by atoms with Crippen molar-refractivity contribution in [2.75, 3.05) is 31.2 Å². The second-order valence-corrected chi connectivity index (χ2v) is 6.42. The molecule has 2 aromatic carbocycles. The maximum absolute atomic E-state index is 5.87. The van der Waals surface area contributed by atoms with Gasteiger partial charge < -0.3 is 20.7 Å². The number of nitrogens with zero attached hydrogens (tertiary/aromatic N) is 3. The van der Waals surface area contributed by atoms with Gasteiger partial charge in [-0.2, -0.15) is 15.0 Å². The van der Waals surface area contributed by atoms with Gasteiger partial charge in [-0.1, -0.05) is 36.4 Å². The number of nitrogen functional groups attached to an aromatic ring is 1. The van der Waals surface area contributed by atoms with Gasteiger partial charge in [0.2, 0.25) is 11.9 Å². The molecule has 0 aliphatic rings. The van der Waals surface area contributed by atoms with Crippen molar-refractivity contribution in [3.05, 3.63) is 66.0 Å². The number of hydrogen-bond donors (Lipinski definition) is 3. The molecule has 7 nitrogen and oxygen atoms in total. The van der Waals surface area contributed by atoms with Crippen LogP contribution in [-0.2, 0) is 6.54 Å². The first-order valence-electron chi connectivity index (χ1n) is 8.92. The first kappa shape index (κ1) is 18.6. The standard InChI is InChI=1S/C20H24N6O/c1-15-8-6-7-11-17(15)22-20-24-18(23-19(21)25-20)14-26(2)12-13-27-16-9-4-3-5-10-16/h3-11H,12-14H2,1-2H3,(H3,21,22,23,24,25)/p+1. The van der Waals surface area contributed by atoms with E-state index in [4.69, 9.17) is 10.5 Å². The minimum atomic E-state index is 0.212. The summed E-state index contributed by atoms with van der Waals surface area (Å²) in [7, 11) is 2.07. The molecule has 0 saturated heterocycles. The minimum Gasteiger partial charge on any atom is -0.488 e. The molecule has 1 unspecified atom stereocenters. The van der Waals surface area contributed by atoms with E-state index in [0.29, 0.717) is 24.9 Å². The number of benzene rings is 2. The Morgan fingerprint density at radius 2 is 1.74 bits per heavy atom. The number of anilines is 3. The number of aromatic nitrogens is 3. The van der Waals surface area contributed by atoms with Crippen LogP contribution >= 0.6 is 0 Å². The summed E-state index contributed by atoms with van der Waals surface area (Å²) in [5.74, 6) is 2.19. The zero-order valence-electron chi connectivity index (χ0n) is 15.6. The molecular formula is C20H25N6O+. The number of quaternary nitrogens is 1. The van der Waals surface area contributed by atoms with Crippen molar-refractivity contribution in [3.63, 3.8) is 0 Å². The van der Waals surface area contributed by atoms with Gasteiger partial charge in [-0.3, -0.25) is 0 Å². The quantitative estimate of drug-likeness (QED) is 0.562. The second kappa shape index (κ2) is 8.95. The fourth-order valence-electron chi connectivity index (χ4n) is 2.62. The van der Waals surface area contributed by atoms with Crippen LogP contribution in [0.2, 0.25) is 0 Å². The SMILES string of the molecule is Cc1ccccc1Nc1nc(N)nc(C[NH+](C)CCOc2ccccc2)n1. The van der Waals surface area contributed by atoms with Crippen LogP contribution in [0.1, 0.15) is 11.4 Å². The fraction of sp³-hybridized carbons (Fsp3) is 0.250. The lowest BCUT2D eigenvalue weighted by Gasteiger charge is -2.14. The van der Waals surface area contributed by atoms with Crippen molar-refractivity contribution in [3.8, 4) is 5.75 Å². The molecule has 7 heteroatoms. The van der Waals surface area contributed by atoms with E-state index < -0.39 is 0 Å². The molecule has 0 saturated carbocycles. The molecule has 1 atom stereocenters. The van der Waals surface area contributed by atoms with Crippen LogP contribution in [0.5, 0.6) is 5.75 Å². The molecule has 0 aliphatic carbocycles. The van der Waals surface area contributed by atoms with Crippen LogP contribution in [-0.4, -0.2) is 35.2 Å². The van der Waals surface area contributed by atoms with E-state index in [0.717, 1.165) is 23.5 Å². The summed E-state index contributed by atoms with van der Waals surface area (Å²) < 4.78 is 5.74. The van der Waals surface area contributed by atoms with Gasteiger partial charge in [0.05, 0.1) is 7.05 Å². The molecule has 27 heavy (non-hydrogen) atoms. The molecule has 0 fully saturated rings. The van der Waals surface area contributed by atoms with Crippen molar-refractivity contribution < 1.29 is 9.64 Å². The zero-order valence-corrected chi connectivity index (χ0v) is 15.6. The fourth-order valence-corrected chi connectivity index (χ4v) is 2.62. The topological polar surface area (TPSA) is 90.4 Å². The smallest absolute Gasteiger partial charge is 0.232 e. The van der Waals surface area contributed by atoms with Crippen molar-refractivity contribution >= 4 is 17.6 Å². The highest BCUT2D eigenvalue weighted by atomic mass is 16.5. The van der Waals surface area contributed by atoms with E-state index in [1.165, 1.54) is 4.90 Å². The average Bonchev–Trinajstić information content (AvgIpc) is 2.64. The van der Waals surface area contributed by atoms with Crippen LogP contribution in [0.4, 0.5) is 17.6 Å². The van der Waals surface area contributed by atoms with Crippen LogP contribution in [0.15, 0.2) is 54.6 Å². The lowest BCUT2D eigenvalue weighted by Crippen LogP contribution is -3.08. The number of aryl methyl sites for hydroxylation is 1. The van der Waals surface area contributed by atoms with Gasteiger partial charge in [0.15, 0.2) is 5.82 Å². The highest BCUT2D eigenvalue weighted by molar-refractivity contribution is 5.58. The molecule has 0 bridgehead atoms. The van der Waals surface area contributed by atoms with Gasteiger partial charge in [-0.05, 0) is 30.7 Å². The van der Waals surface area contributed by atoms with Crippen LogP contribution in [0.3, 0.4) is 0 Å². The van der Waals surface area contributed by atoms with Gasteiger partial charge >= 0.3 is 0 Å². The third-order valence-electron chi connectivity index (χ3n) is 4.09. The second-order valence-electron chi connectivity index (χ2n) is 6.42. The summed E-state index contributed by atoms with van der Waals surface area (Å²) in [4.78, 5) is 14.2. The minimum absolute atomic E-state index is 0.212. The predicted octanol–water partition coefficient (Wildman–Crippen LogP) is 1.60. The van der Waals surface area contributed by atoms with Gasteiger partial charge in [0.25, 0.3) is 0 Å². The van der Waals surface area contributed by atoms with Crippen LogP contribution in [0.25, 0.3) is 0 Å². The van der Waals surface area contributed by atoms with Gasteiger partial charge in [0, 0.05) is 5.69 Å². The molecular weight excluding hydrogens is 340 g/mol. The summed E-state index contributed by atoms with van der Waals surface area (Å²) in [6, 6.07) is 17.8. The Hall–Kier alpha value is -3.19. The Morgan fingerprint density at radius 3 is 2.52 bits per heavy atom. The maximum atomic E-state index is 5.87. The van der Waals surface area contributed by atoms with Crippen molar-refractivity contribution in [1.82, 2.24) is 15.0 Å². The van der Waals surface area contributed by atoms with Gasteiger partial charge in [-0.15, -0.1) is 0 Å². The molecule has 4 N–H and O–H groups in total. The molecule has 0 aliphatic heterocycles.